The van der Waals surface area contributed by atoms with Gasteiger partial charge in [0.05, 0.1) is 13.2 Å². The van der Waals surface area contributed by atoms with Crippen molar-refractivity contribution in [2.24, 2.45) is 4.99 Å². The van der Waals surface area contributed by atoms with Gasteiger partial charge in [-0.2, -0.15) is 0 Å². The number of benzene rings is 2. The molecule has 2 rings (SSSR count). The van der Waals surface area contributed by atoms with Crippen LogP contribution in [-0.2, 0) is 17.8 Å². The van der Waals surface area contributed by atoms with Crippen molar-refractivity contribution in [3.8, 4) is 0 Å². The highest BCUT2D eigenvalue weighted by Crippen LogP contribution is 2.09. The monoisotopic (exact) mass is 468 g/mol. The number of nitrogens with one attached hydrogen (secondary N) is 3. The standard InChI is InChI=1S/C20H28N4O.HI/c1-3-21-20(23-15-17-7-5-4-6-8-17)24-16-18-9-11-19(12-10-18)22-13-14-25-2;/h4-12,22H,3,13-16H2,1-2H3,(H2,21,23,24);1H. The Balaban J connectivity index is 0.00000338. The molecular formula is C20H29IN4O. The Kier molecular flexibility index (Phi) is 11.5. The van der Waals surface area contributed by atoms with E-state index in [1.165, 1.54) is 11.1 Å². The number of rotatable bonds is 9. The fourth-order valence-electron chi connectivity index (χ4n) is 2.32. The zero-order chi connectivity index (χ0) is 17.7. The lowest BCUT2D eigenvalue weighted by atomic mass is 10.2. The molecule has 0 spiro atoms. The highest BCUT2D eigenvalue weighted by Gasteiger charge is 1.99. The SMILES string of the molecule is CCNC(=NCc1ccccc1)NCc1ccc(NCCOC)cc1.I. The van der Waals surface area contributed by atoms with Crippen LogP contribution in [0.4, 0.5) is 5.69 Å². The minimum Gasteiger partial charge on any atom is -0.383 e. The second-order valence-electron chi connectivity index (χ2n) is 5.65. The van der Waals surface area contributed by atoms with Crippen LogP contribution >= 0.6 is 24.0 Å². The van der Waals surface area contributed by atoms with E-state index in [2.05, 4.69) is 64.3 Å². The molecule has 6 heteroatoms. The number of nitrogens with zero attached hydrogens (tertiary/aromatic N) is 1. The summed E-state index contributed by atoms with van der Waals surface area (Å²) >= 11 is 0. The Hall–Kier alpha value is -1.80. The van der Waals surface area contributed by atoms with Crippen molar-refractivity contribution in [1.82, 2.24) is 10.6 Å². The summed E-state index contributed by atoms with van der Waals surface area (Å²) in [4.78, 5) is 4.63. The van der Waals surface area contributed by atoms with Crippen molar-refractivity contribution in [3.63, 3.8) is 0 Å². The Labute approximate surface area is 173 Å². The predicted molar refractivity (Wildman–Crippen MR) is 120 cm³/mol. The van der Waals surface area contributed by atoms with Crippen molar-refractivity contribution < 1.29 is 4.74 Å². The lowest BCUT2D eigenvalue weighted by molar-refractivity contribution is 0.211. The number of methoxy groups -OCH3 is 1. The molecule has 5 nitrogen and oxygen atoms in total. The molecule has 3 N–H and O–H groups in total. The molecule has 0 saturated heterocycles. The van der Waals surface area contributed by atoms with Gasteiger partial charge in [0.2, 0.25) is 0 Å². The molecule has 0 fully saturated rings. The van der Waals surface area contributed by atoms with Crippen LogP contribution in [0.25, 0.3) is 0 Å². The zero-order valence-electron chi connectivity index (χ0n) is 15.5. The van der Waals surface area contributed by atoms with Crippen molar-refractivity contribution in [1.29, 1.82) is 0 Å². The molecule has 2 aromatic rings. The molecule has 142 valence electrons. The molecule has 0 radical (unpaired) electrons. The third-order valence-corrected chi connectivity index (χ3v) is 3.66. The molecule has 0 heterocycles. The van der Waals surface area contributed by atoms with Crippen LogP contribution in [0.3, 0.4) is 0 Å². The van der Waals surface area contributed by atoms with Gasteiger partial charge in [0.1, 0.15) is 0 Å². The number of anilines is 1. The largest absolute Gasteiger partial charge is 0.383 e. The lowest BCUT2D eigenvalue weighted by Gasteiger charge is -2.12. The molecule has 0 aliphatic heterocycles. The summed E-state index contributed by atoms with van der Waals surface area (Å²) in [7, 11) is 1.71. The van der Waals surface area contributed by atoms with E-state index in [1.807, 2.05) is 18.2 Å². The maximum absolute atomic E-state index is 5.04. The number of guanidine groups is 1. The van der Waals surface area contributed by atoms with E-state index in [0.717, 1.165) is 31.3 Å². The number of hydrogen-bond donors (Lipinski definition) is 3. The molecule has 0 aliphatic carbocycles. The molecule has 0 saturated carbocycles. The minimum atomic E-state index is 0. The van der Waals surface area contributed by atoms with E-state index in [4.69, 9.17) is 4.74 Å². The van der Waals surface area contributed by atoms with E-state index < -0.39 is 0 Å². The van der Waals surface area contributed by atoms with Crippen LogP contribution in [0, 0.1) is 0 Å². The highest BCUT2D eigenvalue weighted by atomic mass is 127. The number of halogens is 1. The number of aliphatic imine (C=N–C) groups is 1. The summed E-state index contributed by atoms with van der Waals surface area (Å²) in [6, 6.07) is 18.7. The van der Waals surface area contributed by atoms with Gasteiger partial charge in [0.25, 0.3) is 0 Å². The zero-order valence-corrected chi connectivity index (χ0v) is 17.8. The van der Waals surface area contributed by atoms with E-state index in [0.29, 0.717) is 13.2 Å². The Morgan fingerprint density at radius 3 is 2.35 bits per heavy atom. The first-order valence-electron chi connectivity index (χ1n) is 8.69. The summed E-state index contributed by atoms with van der Waals surface area (Å²) < 4.78 is 5.04. The number of ether oxygens (including phenoxy) is 1. The third-order valence-electron chi connectivity index (χ3n) is 3.66. The van der Waals surface area contributed by atoms with Crippen LogP contribution in [0.2, 0.25) is 0 Å². The van der Waals surface area contributed by atoms with E-state index in [9.17, 15) is 0 Å². The molecule has 26 heavy (non-hydrogen) atoms. The Morgan fingerprint density at radius 2 is 1.69 bits per heavy atom. The van der Waals surface area contributed by atoms with Gasteiger partial charge in [-0.05, 0) is 30.2 Å². The average molecular weight is 468 g/mol. The van der Waals surface area contributed by atoms with Gasteiger partial charge >= 0.3 is 0 Å². The van der Waals surface area contributed by atoms with Gasteiger partial charge in [-0.25, -0.2) is 4.99 Å². The molecule has 0 amide bonds. The second-order valence-corrected chi connectivity index (χ2v) is 5.65. The lowest BCUT2D eigenvalue weighted by Crippen LogP contribution is -2.36. The van der Waals surface area contributed by atoms with Gasteiger partial charge in [-0.15, -0.1) is 24.0 Å². The van der Waals surface area contributed by atoms with E-state index >= 15 is 0 Å². The van der Waals surface area contributed by atoms with Crippen molar-refractivity contribution in [2.75, 3.05) is 32.1 Å². The van der Waals surface area contributed by atoms with E-state index in [1.54, 1.807) is 7.11 Å². The second kappa shape index (κ2) is 13.4. The maximum atomic E-state index is 5.04. The molecule has 2 aromatic carbocycles. The first-order valence-corrected chi connectivity index (χ1v) is 8.69. The third kappa shape index (κ3) is 8.53. The Bertz CT molecular complexity index is 632. The molecule has 0 atom stereocenters. The van der Waals surface area contributed by atoms with E-state index in [-0.39, 0.29) is 24.0 Å². The van der Waals surface area contributed by atoms with Gasteiger partial charge < -0.3 is 20.7 Å². The predicted octanol–water partition coefficient (Wildman–Crippen LogP) is 3.62. The van der Waals surface area contributed by atoms with Crippen molar-refractivity contribution in [3.05, 3.63) is 65.7 Å². The number of hydrogen-bond acceptors (Lipinski definition) is 3. The summed E-state index contributed by atoms with van der Waals surface area (Å²) in [5.74, 6) is 0.827. The van der Waals surface area contributed by atoms with Gasteiger partial charge in [-0.3, -0.25) is 0 Å². The summed E-state index contributed by atoms with van der Waals surface area (Å²) in [5.41, 5.74) is 3.51. The summed E-state index contributed by atoms with van der Waals surface area (Å²) in [5, 5.41) is 9.97. The van der Waals surface area contributed by atoms with Crippen LogP contribution in [-0.4, -0.2) is 32.8 Å². The van der Waals surface area contributed by atoms with Gasteiger partial charge in [0.15, 0.2) is 5.96 Å². The first-order chi connectivity index (χ1) is 12.3. The van der Waals surface area contributed by atoms with Crippen LogP contribution < -0.4 is 16.0 Å². The smallest absolute Gasteiger partial charge is 0.191 e. The van der Waals surface area contributed by atoms with Crippen molar-refractivity contribution in [2.45, 2.75) is 20.0 Å². The van der Waals surface area contributed by atoms with Gasteiger partial charge in [0, 0.05) is 32.4 Å². The topological polar surface area (TPSA) is 57.7 Å². The van der Waals surface area contributed by atoms with Crippen LogP contribution in [0.15, 0.2) is 59.6 Å². The first kappa shape index (κ1) is 22.2. The van der Waals surface area contributed by atoms with Gasteiger partial charge in [-0.1, -0.05) is 42.5 Å². The van der Waals surface area contributed by atoms with Crippen LogP contribution in [0.1, 0.15) is 18.1 Å². The highest BCUT2D eigenvalue weighted by molar-refractivity contribution is 14.0. The van der Waals surface area contributed by atoms with Crippen LogP contribution in [0.5, 0.6) is 0 Å². The summed E-state index contributed by atoms with van der Waals surface area (Å²) in [6.07, 6.45) is 0. The maximum Gasteiger partial charge on any atom is 0.191 e. The fraction of sp³-hybridized carbons (Fsp3) is 0.350. The molecular weight excluding hydrogens is 439 g/mol. The quantitative estimate of drug-likeness (QED) is 0.228. The molecule has 0 bridgehead atoms. The average Bonchev–Trinajstić information content (AvgIpc) is 2.66. The molecule has 0 unspecified atom stereocenters. The van der Waals surface area contributed by atoms with Crippen molar-refractivity contribution >= 4 is 35.6 Å². The normalized spacial score (nSPS) is 10.8. The Morgan fingerprint density at radius 1 is 0.962 bits per heavy atom. The summed E-state index contributed by atoms with van der Waals surface area (Å²) in [6.45, 7) is 5.82. The molecule has 0 aliphatic rings. The molecule has 0 aromatic heterocycles. The minimum absolute atomic E-state index is 0. The fourth-order valence-corrected chi connectivity index (χ4v) is 2.32.